The Morgan fingerprint density at radius 3 is 1.78 bits per heavy atom. The molecule has 0 spiro atoms. The summed E-state index contributed by atoms with van der Waals surface area (Å²) in [6, 6.07) is 4.03. The second kappa shape index (κ2) is 11.5. The lowest BCUT2D eigenvalue weighted by Gasteiger charge is -1.93. The topological polar surface area (TPSA) is 220 Å². The molecule has 37 heavy (non-hydrogen) atoms. The highest BCUT2D eigenvalue weighted by Gasteiger charge is 2.19. The van der Waals surface area contributed by atoms with Gasteiger partial charge < -0.3 is 5.73 Å². The van der Waals surface area contributed by atoms with E-state index in [1.165, 1.54) is 23.6 Å². The van der Waals surface area contributed by atoms with Crippen LogP contribution in [0.5, 0.6) is 0 Å². The highest BCUT2D eigenvalue weighted by molar-refractivity contribution is 7.18. The predicted molar refractivity (Wildman–Crippen MR) is 138 cm³/mol. The Balaban J connectivity index is 0.000000155. The molecule has 5 rings (SSSR count). The van der Waals surface area contributed by atoms with Crippen LogP contribution in [0.15, 0.2) is 36.8 Å². The van der Waals surface area contributed by atoms with Crippen molar-refractivity contribution in [2.45, 2.75) is 13.8 Å². The first-order valence-electron chi connectivity index (χ1n) is 9.75. The van der Waals surface area contributed by atoms with Crippen LogP contribution in [0.4, 0.5) is 22.7 Å². The molecule has 0 unspecified atom stereocenters. The molecule has 0 aliphatic rings. The molecule has 0 aliphatic heterocycles. The first-order chi connectivity index (χ1) is 17.4. The van der Waals surface area contributed by atoms with Gasteiger partial charge in [0.25, 0.3) is 11.4 Å². The molecule has 0 amide bonds. The summed E-state index contributed by atoms with van der Waals surface area (Å²) in [6.07, 6.45) is 3.76. The Bertz CT molecular complexity index is 1640. The summed E-state index contributed by atoms with van der Waals surface area (Å²) in [7, 11) is 0. The van der Waals surface area contributed by atoms with Crippen molar-refractivity contribution in [2.75, 3.05) is 5.73 Å². The highest BCUT2D eigenvalue weighted by Crippen LogP contribution is 2.25. The molecule has 5 aromatic rings. The summed E-state index contributed by atoms with van der Waals surface area (Å²) in [5, 5.41) is 32.4. The number of rotatable bonds is 3. The van der Waals surface area contributed by atoms with Gasteiger partial charge in [-0.1, -0.05) is 34.3 Å². The van der Waals surface area contributed by atoms with E-state index in [0.717, 1.165) is 37.5 Å². The number of aromatic nitrogens is 5. The number of nitrogen functional groups attached to an aromatic ring is 1. The number of hydrogen-bond acceptors (Lipinski definition) is 14. The molecule has 190 valence electrons. The minimum Gasteiger partial charge on any atom is -0.397 e. The van der Waals surface area contributed by atoms with Crippen LogP contribution in [0.1, 0.15) is 10.0 Å². The predicted octanol–water partition coefficient (Wildman–Crippen LogP) is 5.04. The summed E-state index contributed by atoms with van der Waals surface area (Å²) in [4.78, 5) is 50.2. The molecular formula is C19H14ClN9O6S2. The van der Waals surface area contributed by atoms with E-state index in [0.29, 0.717) is 11.2 Å². The monoisotopic (exact) mass is 563 g/mol. The van der Waals surface area contributed by atoms with E-state index in [2.05, 4.69) is 24.9 Å². The molecule has 0 saturated heterocycles. The number of aryl methyl sites for hydroxylation is 2. The van der Waals surface area contributed by atoms with Gasteiger partial charge in [-0.15, -0.1) is 0 Å². The molecule has 0 saturated carbocycles. The molecule has 2 N–H and O–H groups in total. The molecule has 5 aromatic heterocycles. The number of nitro groups is 3. The molecule has 0 aromatic carbocycles. The first kappa shape index (κ1) is 27.1. The van der Waals surface area contributed by atoms with Crippen molar-refractivity contribution < 1.29 is 14.8 Å². The van der Waals surface area contributed by atoms with Crippen LogP contribution < -0.4 is 5.73 Å². The number of nitrogens with two attached hydrogens (primary N) is 1. The number of fused-ring (bicyclic) bond motifs is 2. The van der Waals surface area contributed by atoms with Gasteiger partial charge in [-0.05, 0) is 19.9 Å². The van der Waals surface area contributed by atoms with Crippen molar-refractivity contribution in [1.82, 2.24) is 24.9 Å². The summed E-state index contributed by atoms with van der Waals surface area (Å²) in [5.74, 6) is 0. The molecule has 18 heteroatoms. The molecule has 0 atom stereocenters. The maximum absolute atomic E-state index is 10.4. The van der Waals surface area contributed by atoms with Gasteiger partial charge in [0.05, 0.1) is 42.7 Å². The zero-order valence-corrected chi connectivity index (χ0v) is 21.2. The number of pyridine rings is 3. The average molecular weight is 564 g/mol. The van der Waals surface area contributed by atoms with E-state index in [-0.39, 0.29) is 10.8 Å². The minimum absolute atomic E-state index is 0.0159. The standard InChI is InChI=1S/C7H5N3O2S.C7H7N3S.C5H2ClN3O4/c1-4-9-6-2-5(10(11)12)3-8-7(6)13-4;1-4-10-6-2-5(8)3-9-7(6)11-4;6-5-4(9(12)13)1-3(2-7-5)8(10)11/h2-3H,1H3;2-3H,8H2,1H3;1-2H. The number of thiazole rings is 2. The maximum Gasteiger partial charge on any atom is 0.313 e. The van der Waals surface area contributed by atoms with E-state index in [1.54, 1.807) is 17.5 Å². The van der Waals surface area contributed by atoms with Crippen molar-refractivity contribution in [2.24, 2.45) is 0 Å². The van der Waals surface area contributed by atoms with Crippen molar-refractivity contribution in [3.63, 3.8) is 0 Å². The van der Waals surface area contributed by atoms with Crippen molar-refractivity contribution >= 4 is 77.7 Å². The van der Waals surface area contributed by atoms with Crippen LogP contribution >= 0.6 is 34.3 Å². The lowest BCUT2D eigenvalue weighted by molar-refractivity contribution is -0.394. The fourth-order valence-corrected chi connectivity index (χ4v) is 4.27. The Morgan fingerprint density at radius 1 is 0.757 bits per heavy atom. The minimum atomic E-state index is -0.831. The molecular weight excluding hydrogens is 550 g/mol. The Labute approximate surface area is 219 Å². The smallest absolute Gasteiger partial charge is 0.313 e. The molecule has 0 aliphatic carbocycles. The van der Waals surface area contributed by atoms with Gasteiger partial charge in [0.1, 0.15) is 33.1 Å². The van der Waals surface area contributed by atoms with E-state index >= 15 is 0 Å². The largest absolute Gasteiger partial charge is 0.397 e. The number of hydrogen-bond donors (Lipinski definition) is 1. The summed E-state index contributed by atoms with van der Waals surface area (Å²) < 4.78 is 0. The van der Waals surface area contributed by atoms with E-state index < -0.39 is 26.1 Å². The fourth-order valence-electron chi connectivity index (χ4n) is 2.62. The summed E-state index contributed by atoms with van der Waals surface area (Å²) in [6.45, 7) is 3.81. The number of nitrogens with zero attached hydrogens (tertiary/aromatic N) is 8. The lowest BCUT2D eigenvalue weighted by Crippen LogP contribution is -1.94. The van der Waals surface area contributed by atoms with Crippen LogP contribution in [0.2, 0.25) is 5.15 Å². The van der Waals surface area contributed by atoms with Gasteiger partial charge in [0, 0.05) is 6.07 Å². The van der Waals surface area contributed by atoms with Crippen LogP contribution in [-0.4, -0.2) is 39.7 Å². The Hall–Kier alpha value is -4.48. The SMILES string of the molecule is Cc1nc2cc(N)cnc2s1.Cc1nc2cc([N+](=O)[O-])cnc2s1.O=[N+]([O-])c1cnc(Cl)c([N+](=O)[O-])c1. The van der Waals surface area contributed by atoms with E-state index in [1.807, 2.05) is 19.9 Å². The van der Waals surface area contributed by atoms with E-state index in [9.17, 15) is 30.3 Å². The Morgan fingerprint density at radius 2 is 1.24 bits per heavy atom. The van der Waals surface area contributed by atoms with Crippen LogP contribution in [0.3, 0.4) is 0 Å². The molecule has 0 bridgehead atoms. The van der Waals surface area contributed by atoms with Gasteiger partial charge in [0.15, 0.2) is 0 Å². The van der Waals surface area contributed by atoms with Crippen LogP contribution in [0, 0.1) is 44.2 Å². The zero-order valence-electron chi connectivity index (χ0n) is 18.8. The third-order valence-electron chi connectivity index (χ3n) is 4.14. The molecule has 15 nitrogen and oxygen atoms in total. The maximum atomic E-state index is 10.4. The van der Waals surface area contributed by atoms with Crippen LogP contribution in [-0.2, 0) is 0 Å². The summed E-state index contributed by atoms with van der Waals surface area (Å²) in [5.41, 5.74) is 6.64. The highest BCUT2D eigenvalue weighted by atomic mass is 35.5. The lowest BCUT2D eigenvalue weighted by atomic mass is 10.4. The molecule has 0 fully saturated rings. The third-order valence-corrected chi connectivity index (χ3v) is 6.22. The van der Waals surface area contributed by atoms with Crippen molar-refractivity contribution in [3.05, 3.63) is 82.3 Å². The normalized spacial score (nSPS) is 10.2. The zero-order chi connectivity index (χ0) is 27.3. The van der Waals surface area contributed by atoms with Crippen molar-refractivity contribution in [3.8, 4) is 0 Å². The first-order valence-corrected chi connectivity index (χ1v) is 11.8. The molecule has 0 radical (unpaired) electrons. The number of halogens is 1. The second-order valence-electron chi connectivity index (χ2n) is 6.85. The van der Waals surface area contributed by atoms with Crippen LogP contribution in [0.25, 0.3) is 20.7 Å². The average Bonchev–Trinajstić information content (AvgIpc) is 3.39. The van der Waals surface area contributed by atoms with Gasteiger partial charge in [0.2, 0.25) is 5.15 Å². The van der Waals surface area contributed by atoms with Gasteiger partial charge >= 0.3 is 5.69 Å². The van der Waals surface area contributed by atoms with Gasteiger partial charge in [-0.25, -0.2) is 24.9 Å². The second-order valence-corrected chi connectivity index (χ2v) is 9.57. The van der Waals surface area contributed by atoms with Crippen molar-refractivity contribution in [1.29, 1.82) is 0 Å². The quantitative estimate of drug-likeness (QED) is 0.173. The fraction of sp³-hybridized carbons (Fsp3) is 0.105. The third kappa shape index (κ3) is 7.03. The van der Waals surface area contributed by atoms with E-state index in [4.69, 9.17) is 17.3 Å². The summed E-state index contributed by atoms with van der Waals surface area (Å²) >= 11 is 8.33. The number of anilines is 1. The van der Waals surface area contributed by atoms with Gasteiger partial charge in [-0.3, -0.25) is 30.3 Å². The van der Waals surface area contributed by atoms with Gasteiger partial charge in [-0.2, -0.15) is 0 Å². The molecule has 5 heterocycles. The Kier molecular flexibility index (Phi) is 8.43.